The first-order valence-electron chi connectivity index (χ1n) is 0. The molecule has 0 aliphatic carbocycles. The van der Waals surface area contributed by atoms with Crippen LogP contribution in [0.4, 0.5) is 0 Å². The van der Waals surface area contributed by atoms with Crippen molar-refractivity contribution in [2.24, 2.45) is 0 Å². The molecule has 23 valence electrons. The van der Waals surface area contributed by atoms with Crippen molar-refractivity contribution < 1.29 is 26.2 Å². The van der Waals surface area contributed by atoms with E-state index in [0.717, 1.165) is 0 Å². The molecule has 0 spiro atoms. The van der Waals surface area contributed by atoms with E-state index in [0.29, 0.717) is 0 Å². The molecule has 2 heteroatoms. The third kappa shape index (κ3) is 9.95. The van der Waals surface area contributed by atoms with Crippen LogP contribution in [0.25, 0.3) is 0 Å². The normalized spacial score (nSPS) is 0. The topological polar surface area (TPSA) is 0 Å². The Hall–Kier alpha value is 1.42. The molecule has 0 unspecified atom stereocenters. The van der Waals surface area contributed by atoms with Gasteiger partial charge in [0.05, 0.1) is 0 Å². The third-order valence-electron chi connectivity index (χ3n) is 0. The summed E-state index contributed by atoms with van der Waals surface area (Å²) >= 11 is 0. The van der Waals surface area contributed by atoms with E-state index < -0.39 is 0 Å². The van der Waals surface area contributed by atoms with Crippen molar-refractivity contribution in [1.29, 1.82) is 0 Å². The Morgan fingerprint density at radius 1 is 0.750 bits per heavy atom. The largest absolute Gasteiger partial charge is 0.0776 e. The van der Waals surface area contributed by atoms with Gasteiger partial charge in [0, 0.05) is 43.6 Å². The van der Waals surface area contributed by atoms with Gasteiger partial charge in [-0.15, -0.1) is 0 Å². The van der Waals surface area contributed by atoms with Crippen LogP contribution in [0.1, 0.15) is 14.9 Å². The summed E-state index contributed by atoms with van der Waals surface area (Å²) in [6.45, 7) is 0. The smallest absolute Gasteiger partial charge is 0 e. The summed E-state index contributed by atoms with van der Waals surface area (Å²) in [6, 6.07) is 0. The second-order valence-electron chi connectivity index (χ2n) is 0. The van der Waals surface area contributed by atoms with Crippen LogP contribution >= 0.6 is 0 Å². The molecule has 4 heavy (non-hydrogen) atoms. The van der Waals surface area contributed by atoms with Crippen LogP contribution in [-0.2, 0) is 26.2 Å². The van der Waals surface area contributed by atoms with Gasteiger partial charge < -0.3 is 0 Å². The summed E-state index contributed by atoms with van der Waals surface area (Å²) in [5.74, 6) is 0. The number of rotatable bonds is 0. The summed E-state index contributed by atoms with van der Waals surface area (Å²) in [5, 5.41) is 0. The number of hydrogen-bond donors (Lipinski definition) is 0. The summed E-state index contributed by atoms with van der Waals surface area (Å²) in [4.78, 5) is 0. The van der Waals surface area contributed by atoms with E-state index in [4.69, 9.17) is 0 Å². The van der Waals surface area contributed by atoms with Crippen molar-refractivity contribution in [3.05, 3.63) is 0 Å². The molecule has 0 heterocycles. The molecule has 0 fully saturated rings. The van der Waals surface area contributed by atoms with Crippen molar-refractivity contribution >= 4 is 17.4 Å². The molecule has 0 aromatic rings. The van der Waals surface area contributed by atoms with Gasteiger partial charge in [-0.1, -0.05) is 14.9 Å². The molecule has 0 rings (SSSR count). The molecule has 0 nitrogen and oxygen atoms in total. The summed E-state index contributed by atoms with van der Waals surface area (Å²) in [5.41, 5.74) is 0. The van der Waals surface area contributed by atoms with Crippen molar-refractivity contribution in [3.63, 3.8) is 0 Å². The predicted molar refractivity (Wildman–Crippen MR) is 19.2 cm³/mol. The van der Waals surface area contributed by atoms with Gasteiger partial charge in [-0.05, 0) is 0 Å². The van der Waals surface area contributed by atoms with Gasteiger partial charge in [-0.2, -0.15) is 0 Å². The minimum absolute atomic E-state index is 0. The van der Waals surface area contributed by atoms with Gasteiger partial charge in [0.2, 0.25) is 0 Å². The molecule has 0 aliphatic heterocycles. The molecule has 0 bridgehead atoms. The van der Waals surface area contributed by atoms with Crippen LogP contribution in [0.2, 0.25) is 0 Å². The van der Waals surface area contributed by atoms with Crippen molar-refractivity contribution in [2.45, 2.75) is 14.9 Å². The Morgan fingerprint density at radius 3 is 0.750 bits per heavy atom. The molecule has 0 N–H and O–H groups in total. The SMILES string of the molecule is C.C.[Al].[Zr]. The van der Waals surface area contributed by atoms with Crippen LogP contribution in [0, 0.1) is 0 Å². The van der Waals surface area contributed by atoms with E-state index >= 15 is 0 Å². The Bertz CT molecular complexity index is 6.00. The van der Waals surface area contributed by atoms with Crippen LogP contribution in [0.5, 0.6) is 0 Å². The maximum absolute atomic E-state index is 0. The van der Waals surface area contributed by atoms with Crippen LogP contribution in [0.15, 0.2) is 0 Å². The van der Waals surface area contributed by atoms with Gasteiger partial charge >= 0.3 is 0 Å². The first-order chi connectivity index (χ1) is 0. The van der Waals surface area contributed by atoms with E-state index in [-0.39, 0.29) is 58.4 Å². The monoisotopic (exact) mass is 149 g/mol. The zero-order valence-electron chi connectivity index (χ0n) is 1.08. The molecule has 0 saturated heterocycles. The van der Waals surface area contributed by atoms with Gasteiger partial charge in [-0.25, -0.2) is 0 Å². The molecular formula is C2H8AlZr. The molecule has 0 aliphatic rings. The van der Waals surface area contributed by atoms with Gasteiger partial charge in [0.25, 0.3) is 0 Å². The molecule has 0 atom stereocenters. The Morgan fingerprint density at radius 2 is 0.750 bits per heavy atom. The number of hydrogen-bond acceptors (Lipinski definition) is 0. The van der Waals surface area contributed by atoms with E-state index in [9.17, 15) is 0 Å². The van der Waals surface area contributed by atoms with Crippen LogP contribution in [0.3, 0.4) is 0 Å². The van der Waals surface area contributed by atoms with Gasteiger partial charge in [-0.3, -0.25) is 0 Å². The predicted octanol–water partition coefficient (Wildman–Crippen LogP) is 0.889. The Balaban J connectivity index is 0. The van der Waals surface area contributed by atoms with E-state index in [1.807, 2.05) is 0 Å². The van der Waals surface area contributed by atoms with Crippen LogP contribution in [-0.4, -0.2) is 17.4 Å². The molecular weight excluding hydrogens is 142 g/mol. The average Bonchev–Trinajstić information content (AvgIpc) is 0. The molecule has 0 aromatic carbocycles. The molecule has 0 amide bonds. The summed E-state index contributed by atoms with van der Waals surface area (Å²) in [7, 11) is 0. The quantitative estimate of drug-likeness (QED) is 0.450. The zero-order valence-corrected chi connectivity index (χ0v) is 4.69. The molecule has 3 radical (unpaired) electrons. The third-order valence-corrected chi connectivity index (χ3v) is 0. The first kappa shape index (κ1) is 52.7. The minimum atomic E-state index is 0. The van der Waals surface area contributed by atoms with Crippen LogP contribution < -0.4 is 0 Å². The maximum atomic E-state index is 0. The fourth-order valence-corrected chi connectivity index (χ4v) is 0. The maximum Gasteiger partial charge on any atom is 0 e. The average molecular weight is 150 g/mol. The van der Waals surface area contributed by atoms with E-state index in [2.05, 4.69) is 0 Å². The fourth-order valence-electron chi connectivity index (χ4n) is 0. The standard InChI is InChI=1S/2CH4.Al.Zr/h2*1H4;;. The van der Waals surface area contributed by atoms with Gasteiger partial charge in [0.15, 0.2) is 0 Å². The second kappa shape index (κ2) is 25.7. The van der Waals surface area contributed by atoms with Gasteiger partial charge in [0.1, 0.15) is 0 Å². The minimum Gasteiger partial charge on any atom is -0.0776 e. The summed E-state index contributed by atoms with van der Waals surface area (Å²) < 4.78 is 0. The van der Waals surface area contributed by atoms with E-state index in [1.165, 1.54) is 0 Å². The first-order valence-corrected chi connectivity index (χ1v) is 0. The molecule has 0 aromatic heterocycles. The van der Waals surface area contributed by atoms with Crippen molar-refractivity contribution in [1.82, 2.24) is 0 Å². The zero-order chi connectivity index (χ0) is 0. The van der Waals surface area contributed by atoms with Crippen molar-refractivity contribution in [2.75, 3.05) is 0 Å². The fraction of sp³-hybridized carbons (Fsp3) is 1.00. The summed E-state index contributed by atoms with van der Waals surface area (Å²) in [6.07, 6.45) is 0. The molecule has 0 saturated carbocycles. The Labute approximate surface area is 58.2 Å². The second-order valence-corrected chi connectivity index (χ2v) is 0. The Kier molecular flexibility index (Phi) is 339. The van der Waals surface area contributed by atoms with Crippen molar-refractivity contribution in [3.8, 4) is 0 Å². The van der Waals surface area contributed by atoms with E-state index in [1.54, 1.807) is 0 Å².